The van der Waals surface area contributed by atoms with Crippen LogP contribution in [0.3, 0.4) is 0 Å². The molecule has 190 valence electrons. The molecule has 0 radical (unpaired) electrons. The highest BCUT2D eigenvalue weighted by Crippen LogP contribution is 2.36. The third-order valence-electron chi connectivity index (χ3n) is 6.91. The third-order valence-corrected chi connectivity index (χ3v) is 6.91. The van der Waals surface area contributed by atoms with Gasteiger partial charge in [-0.25, -0.2) is 4.79 Å². The van der Waals surface area contributed by atoms with E-state index >= 15 is 0 Å². The van der Waals surface area contributed by atoms with Crippen molar-refractivity contribution < 1.29 is 9.53 Å². The predicted molar refractivity (Wildman–Crippen MR) is 154 cm³/mol. The zero-order chi connectivity index (χ0) is 26.2. The molecule has 0 atom stereocenters. The van der Waals surface area contributed by atoms with Crippen molar-refractivity contribution in [3.05, 3.63) is 155 Å². The predicted octanol–water partition coefficient (Wildman–Crippen LogP) is 7.76. The van der Waals surface area contributed by atoms with E-state index in [4.69, 9.17) is 4.74 Å². The van der Waals surface area contributed by atoms with Gasteiger partial charge in [-0.2, -0.15) is 0 Å². The van der Waals surface area contributed by atoms with E-state index in [1.54, 1.807) is 0 Å². The quantitative estimate of drug-likeness (QED) is 0.184. The minimum Gasteiger partial charge on any atom is -0.462 e. The molecule has 4 aromatic carbocycles. The second kappa shape index (κ2) is 12.2. The Morgan fingerprint density at radius 3 is 1.74 bits per heavy atom. The topological polar surface area (TPSA) is 31.2 Å². The van der Waals surface area contributed by atoms with Gasteiger partial charge in [0.05, 0.1) is 12.2 Å². The van der Waals surface area contributed by atoms with Gasteiger partial charge in [-0.15, -0.1) is 0 Å². The Morgan fingerprint density at radius 1 is 0.632 bits per heavy atom. The van der Waals surface area contributed by atoms with Crippen LogP contribution in [0.1, 0.15) is 45.4 Å². The van der Waals surface area contributed by atoms with Crippen molar-refractivity contribution in [1.82, 2.24) is 4.57 Å². The molecule has 0 N–H and O–H groups in total. The van der Waals surface area contributed by atoms with Crippen molar-refractivity contribution in [1.29, 1.82) is 0 Å². The summed E-state index contributed by atoms with van der Waals surface area (Å²) in [5, 5.41) is 0. The molecule has 0 aliphatic carbocycles. The van der Waals surface area contributed by atoms with Crippen LogP contribution < -0.4 is 0 Å². The maximum atomic E-state index is 13.7. The zero-order valence-corrected chi connectivity index (χ0v) is 21.8. The van der Waals surface area contributed by atoms with E-state index in [1.165, 1.54) is 16.7 Å². The van der Waals surface area contributed by atoms with E-state index in [2.05, 4.69) is 89.5 Å². The van der Waals surface area contributed by atoms with Crippen molar-refractivity contribution in [2.75, 3.05) is 6.61 Å². The number of hydrogen-bond acceptors (Lipinski definition) is 2. The molecule has 0 aliphatic rings. The first-order valence-corrected chi connectivity index (χ1v) is 13.3. The monoisotopic (exact) mass is 499 g/mol. The first-order chi connectivity index (χ1) is 18.7. The number of carbonyl (C=O) groups is 1. The summed E-state index contributed by atoms with van der Waals surface area (Å²) >= 11 is 0. The van der Waals surface area contributed by atoms with Crippen LogP contribution in [0, 0.1) is 0 Å². The Morgan fingerprint density at radius 2 is 1.16 bits per heavy atom. The second-order valence-corrected chi connectivity index (χ2v) is 9.45. The second-order valence-electron chi connectivity index (χ2n) is 9.45. The zero-order valence-electron chi connectivity index (χ0n) is 21.8. The third kappa shape index (κ3) is 5.78. The molecule has 0 aliphatic heterocycles. The van der Waals surface area contributed by atoms with E-state index in [1.807, 2.05) is 43.3 Å². The average molecular weight is 500 g/mol. The number of ether oxygens (including phenoxy) is 1. The summed E-state index contributed by atoms with van der Waals surface area (Å²) in [6, 6.07) is 41.8. The highest BCUT2D eigenvalue weighted by Gasteiger charge is 2.29. The van der Waals surface area contributed by atoms with Gasteiger partial charge in [0, 0.05) is 29.9 Å². The van der Waals surface area contributed by atoms with Crippen LogP contribution in [0.2, 0.25) is 0 Å². The largest absolute Gasteiger partial charge is 0.462 e. The molecule has 0 spiro atoms. The smallest absolute Gasteiger partial charge is 0.340 e. The Hall–Kier alpha value is -4.37. The fourth-order valence-electron chi connectivity index (χ4n) is 5.16. The van der Waals surface area contributed by atoms with Crippen molar-refractivity contribution in [2.24, 2.45) is 0 Å². The van der Waals surface area contributed by atoms with E-state index in [0.29, 0.717) is 18.7 Å². The number of hydrogen-bond donors (Lipinski definition) is 0. The van der Waals surface area contributed by atoms with Gasteiger partial charge < -0.3 is 9.30 Å². The first-order valence-electron chi connectivity index (χ1n) is 13.3. The van der Waals surface area contributed by atoms with Gasteiger partial charge in [-0.05, 0) is 42.0 Å². The Labute approximate surface area is 225 Å². The first kappa shape index (κ1) is 25.3. The van der Waals surface area contributed by atoms with Gasteiger partial charge in [0.1, 0.15) is 0 Å². The molecule has 0 saturated carbocycles. The van der Waals surface area contributed by atoms with Crippen LogP contribution >= 0.6 is 0 Å². The van der Waals surface area contributed by atoms with Crippen molar-refractivity contribution in [2.45, 2.75) is 32.7 Å². The lowest BCUT2D eigenvalue weighted by Gasteiger charge is -2.16. The number of aryl methyl sites for hydroxylation is 1. The standard InChI is InChI=1S/C35H33NO2/c1-2-38-35(37)34-31(24-23-27-15-7-3-8-16-27)36(26-29-19-11-5-12-20-29)32(25-28-17-9-4-10-18-28)33(34)30-21-13-6-14-22-30/h3-22H,2,23-26H2,1H3. The molecule has 0 fully saturated rings. The number of aromatic nitrogens is 1. The van der Waals surface area contributed by atoms with Gasteiger partial charge in [-0.3, -0.25) is 0 Å². The summed E-state index contributed by atoms with van der Waals surface area (Å²) in [7, 11) is 0. The molecule has 1 aromatic heterocycles. The molecule has 0 amide bonds. The van der Waals surface area contributed by atoms with Gasteiger partial charge in [0.2, 0.25) is 0 Å². The molecule has 3 nitrogen and oxygen atoms in total. The van der Waals surface area contributed by atoms with Gasteiger partial charge >= 0.3 is 5.97 Å². The molecule has 5 rings (SSSR count). The summed E-state index contributed by atoms with van der Waals surface area (Å²) in [5.74, 6) is -0.254. The number of nitrogens with zero attached hydrogens (tertiary/aromatic N) is 1. The van der Waals surface area contributed by atoms with Crippen LogP contribution in [-0.4, -0.2) is 17.1 Å². The molecule has 38 heavy (non-hydrogen) atoms. The minimum absolute atomic E-state index is 0.254. The van der Waals surface area contributed by atoms with E-state index in [-0.39, 0.29) is 5.97 Å². The fourth-order valence-corrected chi connectivity index (χ4v) is 5.16. The summed E-state index contributed by atoms with van der Waals surface area (Å²) in [6.45, 7) is 2.89. The lowest BCUT2D eigenvalue weighted by molar-refractivity contribution is 0.0525. The molecule has 5 aromatic rings. The van der Waals surface area contributed by atoms with E-state index in [9.17, 15) is 4.79 Å². The number of rotatable bonds is 10. The highest BCUT2D eigenvalue weighted by atomic mass is 16.5. The average Bonchev–Trinajstić information content (AvgIpc) is 3.26. The lowest BCUT2D eigenvalue weighted by atomic mass is 9.96. The van der Waals surface area contributed by atoms with Gasteiger partial charge in [0.15, 0.2) is 0 Å². The summed E-state index contributed by atoms with van der Waals surface area (Å²) < 4.78 is 8.07. The van der Waals surface area contributed by atoms with Crippen molar-refractivity contribution >= 4 is 5.97 Å². The van der Waals surface area contributed by atoms with Crippen LogP contribution in [0.4, 0.5) is 0 Å². The van der Waals surface area contributed by atoms with Crippen molar-refractivity contribution in [3.63, 3.8) is 0 Å². The maximum absolute atomic E-state index is 13.7. The van der Waals surface area contributed by atoms with E-state index < -0.39 is 0 Å². The molecular formula is C35H33NO2. The molecule has 1 heterocycles. The summed E-state index contributed by atoms with van der Waals surface area (Å²) in [4.78, 5) is 13.7. The summed E-state index contributed by atoms with van der Waals surface area (Å²) in [5.41, 5.74) is 8.53. The SMILES string of the molecule is CCOC(=O)c1c(-c2ccccc2)c(Cc2ccccc2)n(Cc2ccccc2)c1CCc1ccccc1. The molecule has 0 unspecified atom stereocenters. The molecular weight excluding hydrogens is 466 g/mol. The van der Waals surface area contributed by atoms with E-state index in [0.717, 1.165) is 41.8 Å². The minimum atomic E-state index is -0.254. The van der Waals surface area contributed by atoms with Crippen LogP contribution in [0.5, 0.6) is 0 Å². The molecule has 3 heteroatoms. The molecule has 0 saturated heterocycles. The van der Waals surface area contributed by atoms with Crippen LogP contribution in [-0.2, 0) is 30.5 Å². The van der Waals surface area contributed by atoms with Crippen LogP contribution in [0.25, 0.3) is 11.1 Å². The number of esters is 1. The van der Waals surface area contributed by atoms with Crippen LogP contribution in [0.15, 0.2) is 121 Å². The summed E-state index contributed by atoms with van der Waals surface area (Å²) in [6.07, 6.45) is 2.29. The normalized spacial score (nSPS) is 10.9. The number of benzene rings is 4. The van der Waals surface area contributed by atoms with Gasteiger partial charge in [0.25, 0.3) is 0 Å². The van der Waals surface area contributed by atoms with Gasteiger partial charge in [-0.1, -0.05) is 121 Å². The Balaban J connectivity index is 1.74. The molecule has 0 bridgehead atoms. The fraction of sp³-hybridized carbons (Fsp3) is 0.171. The Bertz CT molecular complexity index is 1460. The highest BCUT2D eigenvalue weighted by molar-refractivity contribution is 6.00. The Kier molecular flexibility index (Phi) is 8.15. The number of carbonyl (C=O) groups excluding carboxylic acids is 1. The van der Waals surface area contributed by atoms with Crippen molar-refractivity contribution in [3.8, 4) is 11.1 Å². The lowest BCUT2D eigenvalue weighted by Crippen LogP contribution is -2.13. The maximum Gasteiger partial charge on any atom is 0.340 e.